The van der Waals surface area contributed by atoms with Crippen molar-refractivity contribution < 1.29 is 60.8 Å². The first kappa shape index (κ1) is 35.3. The van der Waals surface area contributed by atoms with E-state index in [0.717, 1.165) is 44.2 Å². The van der Waals surface area contributed by atoms with Gasteiger partial charge in [0.2, 0.25) is 5.91 Å². The Kier molecular flexibility index (Phi) is 11.1. The number of amides is 1. The number of benzene rings is 4. The number of azo groups is 1. The Balaban J connectivity index is 0.00000480. The van der Waals surface area contributed by atoms with E-state index in [9.17, 15) is 31.3 Å². The number of anilines is 3. The van der Waals surface area contributed by atoms with Gasteiger partial charge in [0.15, 0.2) is 0 Å². The van der Waals surface area contributed by atoms with Gasteiger partial charge in [0.1, 0.15) is 32.1 Å². The van der Waals surface area contributed by atoms with E-state index in [1.165, 1.54) is 35.5 Å². The molecule has 236 valence electrons. The van der Waals surface area contributed by atoms with E-state index in [0.29, 0.717) is 11.4 Å². The zero-order valence-corrected chi connectivity index (χ0v) is 29.0. The number of fused-ring (bicyclic) bond motifs is 1. The summed E-state index contributed by atoms with van der Waals surface area (Å²) in [6.45, 7) is 1.64. The molecule has 12 nitrogen and oxygen atoms in total. The van der Waals surface area contributed by atoms with E-state index in [-0.39, 0.29) is 80.7 Å². The summed E-state index contributed by atoms with van der Waals surface area (Å²) >= 11 is 0. The van der Waals surface area contributed by atoms with Gasteiger partial charge in [0.25, 0.3) is 10.0 Å². The van der Waals surface area contributed by atoms with Crippen LogP contribution in [0.2, 0.25) is 0 Å². The van der Waals surface area contributed by atoms with E-state index < -0.39 is 30.8 Å². The quantitative estimate of drug-likeness (QED) is 0.104. The van der Waals surface area contributed by atoms with Crippen molar-refractivity contribution in [3.8, 4) is 5.75 Å². The largest absolute Gasteiger partial charge is 1.00 e. The fourth-order valence-corrected chi connectivity index (χ4v) is 7.70. The van der Waals surface area contributed by atoms with E-state index >= 15 is 0 Å². The van der Waals surface area contributed by atoms with Crippen LogP contribution in [0.5, 0.6) is 5.75 Å². The summed E-state index contributed by atoms with van der Waals surface area (Å²) in [6, 6.07) is 17.4. The monoisotopic (exact) mass is 673 g/mol. The molecular formula is C31H32N5NaO7S2. The van der Waals surface area contributed by atoms with Crippen LogP contribution in [0, 0.1) is 5.92 Å². The molecule has 4 aromatic rings. The molecule has 0 heterocycles. The molecule has 1 aliphatic rings. The maximum Gasteiger partial charge on any atom is 1.00 e. The maximum atomic E-state index is 14.4. The summed E-state index contributed by atoms with van der Waals surface area (Å²) in [6.07, 6.45) is 4.95. The Bertz CT molecular complexity index is 2000. The molecule has 0 radical (unpaired) electrons. The summed E-state index contributed by atoms with van der Waals surface area (Å²) in [7, 11) is -9.05. The number of phenolic OH excluding ortho intramolecular Hbond substituents is 1. The summed E-state index contributed by atoms with van der Waals surface area (Å²) < 4.78 is 64.8. The first-order chi connectivity index (χ1) is 21.3. The number of rotatable bonds is 9. The van der Waals surface area contributed by atoms with Crippen LogP contribution in [-0.4, -0.2) is 38.9 Å². The normalized spacial score (nSPS) is 14.2. The van der Waals surface area contributed by atoms with Crippen molar-refractivity contribution >= 4 is 65.3 Å². The van der Waals surface area contributed by atoms with Gasteiger partial charge < -0.3 is 20.7 Å². The summed E-state index contributed by atoms with van der Waals surface area (Å²) in [5.74, 6) is -0.645. The Labute approximate surface area is 289 Å². The average molecular weight is 674 g/mol. The molecule has 1 saturated carbocycles. The molecule has 1 fully saturated rings. The first-order valence-corrected chi connectivity index (χ1v) is 17.1. The molecule has 0 atom stereocenters. The van der Waals surface area contributed by atoms with Crippen LogP contribution in [0.1, 0.15) is 39.0 Å². The minimum atomic E-state index is -4.85. The third-order valence-electron chi connectivity index (χ3n) is 7.68. The van der Waals surface area contributed by atoms with Crippen molar-refractivity contribution in [3.63, 3.8) is 0 Å². The molecule has 0 bridgehead atoms. The molecule has 0 aliphatic heterocycles. The van der Waals surface area contributed by atoms with Crippen molar-refractivity contribution in [3.05, 3.63) is 72.8 Å². The topological polar surface area (TPSA) is 195 Å². The van der Waals surface area contributed by atoms with Gasteiger partial charge in [-0.2, -0.15) is 0 Å². The standard InChI is InChI=1S/C31H33N5O7S2.Na/c1-20(37)33-23-12-14-24(15-13-23)36(19-21-7-3-2-4-8-21)44(39,40)29-10-6-5-9-27(29)34-35-31-26(32)16-11-22-17-25(45(41,42)43)18-28(38)30(22)31;/h5-6,9-18,21,38H,2-4,7-8,19,32H2,1H3,(H,33,37)(H,41,42,43);/q;+1/p-1. The molecule has 15 heteroatoms. The number of aromatic hydroxyl groups is 1. The van der Waals surface area contributed by atoms with E-state index in [2.05, 4.69) is 15.5 Å². The van der Waals surface area contributed by atoms with Crippen LogP contribution < -0.4 is 44.9 Å². The second-order valence-corrected chi connectivity index (χ2v) is 14.1. The zero-order valence-electron chi connectivity index (χ0n) is 25.4. The number of hydrogen-bond acceptors (Lipinski definition) is 10. The van der Waals surface area contributed by atoms with Gasteiger partial charge in [-0.1, -0.05) is 37.5 Å². The Morgan fingerprint density at radius 2 is 1.65 bits per heavy atom. The Morgan fingerprint density at radius 3 is 2.30 bits per heavy atom. The number of nitrogen functional groups attached to an aromatic ring is 1. The number of phenols is 1. The first-order valence-electron chi connectivity index (χ1n) is 14.3. The molecule has 4 N–H and O–H groups in total. The second-order valence-electron chi connectivity index (χ2n) is 10.9. The summed E-state index contributed by atoms with van der Waals surface area (Å²) in [5, 5.41) is 22.0. The third-order valence-corrected chi connectivity index (χ3v) is 10.3. The van der Waals surface area contributed by atoms with Gasteiger partial charge in [-0.15, -0.1) is 10.2 Å². The number of carbonyl (C=O) groups is 1. The van der Waals surface area contributed by atoms with E-state index in [1.54, 1.807) is 36.4 Å². The minimum Gasteiger partial charge on any atom is -0.744 e. The third kappa shape index (κ3) is 7.88. The molecule has 46 heavy (non-hydrogen) atoms. The van der Waals surface area contributed by atoms with Crippen LogP contribution in [0.3, 0.4) is 0 Å². The van der Waals surface area contributed by atoms with Gasteiger partial charge in [-0.05, 0) is 78.7 Å². The molecule has 0 spiro atoms. The van der Waals surface area contributed by atoms with Crippen LogP contribution >= 0.6 is 0 Å². The van der Waals surface area contributed by atoms with E-state index in [4.69, 9.17) is 5.73 Å². The van der Waals surface area contributed by atoms with Gasteiger partial charge in [-0.25, -0.2) is 16.8 Å². The molecular weight excluding hydrogens is 641 g/mol. The molecule has 0 aromatic heterocycles. The average Bonchev–Trinajstić information content (AvgIpc) is 3.00. The van der Waals surface area contributed by atoms with Crippen LogP contribution in [0.15, 0.2) is 92.8 Å². The molecule has 1 amide bonds. The van der Waals surface area contributed by atoms with Gasteiger partial charge >= 0.3 is 29.6 Å². The van der Waals surface area contributed by atoms with E-state index in [1.807, 2.05) is 0 Å². The predicted octanol–water partition coefficient (Wildman–Crippen LogP) is 3.19. The molecule has 5 rings (SSSR count). The van der Waals surface area contributed by atoms with Gasteiger partial charge in [0.05, 0.1) is 21.7 Å². The fraction of sp³-hybridized carbons (Fsp3) is 0.258. The number of nitrogens with one attached hydrogen (secondary N) is 1. The summed E-state index contributed by atoms with van der Waals surface area (Å²) in [4.78, 5) is 10.8. The molecule has 1 aliphatic carbocycles. The van der Waals surface area contributed by atoms with Crippen LogP contribution in [0.4, 0.5) is 28.4 Å². The van der Waals surface area contributed by atoms with Crippen molar-refractivity contribution in [2.45, 2.75) is 48.8 Å². The molecule has 0 saturated heterocycles. The van der Waals surface area contributed by atoms with Crippen LogP contribution in [0.25, 0.3) is 10.8 Å². The predicted molar refractivity (Wildman–Crippen MR) is 170 cm³/mol. The minimum absolute atomic E-state index is 0. The van der Waals surface area contributed by atoms with Crippen LogP contribution in [-0.2, 0) is 24.9 Å². The number of sulfonamides is 1. The smallest absolute Gasteiger partial charge is 0.744 e. The van der Waals surface area contributed by atoms with Gasteiger partial charge in [-0.3, -0.25) is 9.10 Å². The maximum absolute atomic E-state index is 14.4. The second kappa shape index (κ2) is 14.5. The number of carbonyl (C=O) groups excluding carboxylic acids is 1. The molecule has 0 unspecified atom stereocenters. The number of hydrogen-bond donors (Lipinski definition) is 3. The SMILES string of the molecule is CC(=O)Nc1ccc(N(CC2CCCCC2)S(=O)(=O)c2ccccc2N=Nc2c(N)ccc3cc(S(=O)(=O)[O-])cc(O)c23)cc1.[Na+]. The van der Waals surface area contributed by atoms with Crippen molar-refractivity contribution in [1.82, 2.24) is 0 Å². The fourth-order valence-electron chi connectivity index (χ4n) is 5.51. The zero-order chi connectivity index (χ0) is 32.4. The number of nitrogens with zero attached hydrogens (tertiary/aromatic N) is 3. The summed E-state index contributed by atoms with van der Waals surface area (Å²) in [5.41, 5.74) is 7.16. The van der Waals surface area contributed by atoms with Gasteiger partial charge in [0, 0.05) is 19.2 Å². The Morgan fingerprint density at radius 1 is 0.978 bits per heavy atom. The van der Waals surface area contributed by atoms with Crippen molar-refractivity contribution in [2.75, 3.05) is 21.9 Å². The van der Waals surface area contributed by atoms with Crippen molar-refractivity contribution in [2.24, 2.45) is 16.1 Å². The Hall–Kier alpha value is -3.53. The van der Waals surface area contributed by atoms with Crippen molar-refractivity contribution in [1.29, 1.82) is 0 Å². The molecule has 4 aromatic carbocycles. The number of nitrogens with two attached hydrogens (primary N) is 1.